The highest BCUT2D eigenvalue weighted by Gasteiger charge is 2.52. The van der Waals surface area contributed by atoms with Gasteiger partial charge in [-0.1, -0.05) is 174 Å². The first-order chi connectivity index (χ1) is 27.1. The van der Waals surface area contributed by atoms with E-state index in [-0.39, 0.29) is 6.71 Å². The van der Waals surface area contributed by atoms with E-state index in [0.29, 0.717) is 0 Å². The van der Waals surface area contributed by atoms with E-state index in [2.05, 4.69) is 225 Å². The summed E-state index contributed by atoms with van der Waals surface area (Å²) < 4.78 is 0. The van der Waals surface area contributed by atoms with Gasteiger partial charge in [0.15, 0.2) is 8.07 Å². The Hall–Kier alpha value is -6.36. The minimum atomic E-state index is -2.90. The van der Waals surface area contributed by atoms with E-state index < -0.39 is 8.07 Å². The summed E-state index contributed by atoms with van der Waals surface area (Å²) in [6.07, 6.45) is 0. The molecule has 0 aromatic heterocycles. The van der Waals surface area contributed by atoms with Gasteiger partial charge in [-0.25, -0.2) is 0 Å². The second kappa shape index (κ2) is 13.2. The summed E-state index contributed by atoms with van der Waals surface area (Å²) >= 11 is 0. The third-order valence-electron chi connectivity index (χ3n) is 11.8. The first-order valence-corrected chi connectivity index (χ1v) is 21.3. The van der Waals surface area contributed by atoms with E-state index in [1.165, 1.54) is 70.9 Å². The van der Waals surface area contributed by atoms with Crippen LogP contribution in [0.3, 0.4) is 0 Å². The quantitative estimate of drug-likeness (QED) is 0.161. The van der Waals surface area contributed by atoms with Crippen molar-refractivity contribution in [1.82, 2.24) is 0 Å². The number of fused-ring (bicyclic) bond motifs is 4. The van der Waals surface area contributed by atoms with Gasteiger partial charge in [-0.05, 0) is 94.9 Å². The lowest BCUT2D eigenvalue weighted by Gasteiger charge is -2.49. The Morgan fingerprint density at radius 2 is 0.964 bits per heavy atom. The second-order valence-electron chi connectivity index (χ2n) is 15.1. The minimum absolute atomic E-state index is 0.0936. The van der Waals surface area contributed by atoms with E-state index in [0.717, 1.165) is 17.1 Å². The first kappa shape index (κ1) is 33.2. The normalized spacial score (nSPS) is 13.4. The molecule has 2 aliphatic heterocycles. The number of aryl methyl sites for hydroxylation is 3. The molecule has 0 spiro atoms. The van der Waals surface area contributed by atoms with Crippen LogP contribution in [0, 0.1) is 20.8 Å². The van der Waals surface area contributed by atoms with Crippen molar-refractivity contribution in [2.75, 3.05) is 9.80 Å². The zero-order valence-corrected chi connectivity index (χ0v) is 32.4. The zero-order chi connectivity index (χ0) is 37.1. The molecule has 8 aromatic carbocycles. The maximum absolute atomic E-state index is 2.90. The molecule has 2 heterocycles. The maximum Gasteiger partial charge on any atom is 0.247 e. The summed E-state index contributed by atoms with van der Waals surface area (Å²) in [5.74, 6) is 0. The molecule has 0 saturated heterocycles. The van der Waals surface area contributed by atoms with Crippen molar-refractivity contribution in [2.24, 2.45) is 0 Å². The van der Waals surface area contributed by atoms with Gasteiger partial charge in [-0.3, -0.25) is 0 Å². The van der Waals surface area contributed by atoms with Crippen molar-refractivity contribution in [3.63, 3.8) is 0 Å². The number of para-hydroxylation sites is 4. The highest BCUT2D eigenvalue weighted by atomic mass is 28.3. The monoisotopic (exact) mass is 720 g/mol. The van der Waals surface area contributed by atoms with Gasteiger partial charge < -0.3 is 9.80 Å². The van der Waals surface area contributed by atoms with Crippen molar-refractivity contribution < 1.29 is 0 Å². The average Bonchev–Trinajstić information content (AvgIpc) is 3.23. The molecule has 0 aliphatic carbocycles. The van der Waals surface area contributed by atoms with Gasteiger partial charge in [-0.2, -0.15) is 0 Å². The molecule has 55 heavy (non-hydrogen) atoms. The number of hydrogen-bond donors (Lipinski definition) is 0. The lowest BCUT2D eigenvalue weighted by atomic mass is 9.34. The Morgan fingerprint density at radius 3 is 1.56 bits per heavy atom. The van der Waals surface area contributed by atoms with E-state index >= 15 is 0 Å². The zero-order valence-electron chi connectivity index (χ0n) is 31.4. The fourth-order valence-corrected chi connectivity index (χ4v) is 15.0. The summed E-state index contributed by atoms with van der Waals surface area (Å²) in [6, 6.07) is 72.7. The molecule has 0 atom stereocenters. The standard InChI is InChI=1S/C51H41BN2Si/c1-36-33-37(2)50(38(3)34-36)52-44-27-16-17-29-46(44)54-47-35-41(53(39-19-8-4-9-20-39)40-21-10-5-11-22-40)31-32-48(47)55(42-23-12-6-13-24-42,43-25-14-7-15-26-43)49-30-18-28-45(52)51(49)54/h4-35H,1-3H3. The van der Waals surface area contributed by atoms with Gasteiger partial charge in [0, 0.05) is 34.1 Å². The molecule has 4 heteroatoms. The van der Waals surface area contributed by atoms with Crippen LogP contribution in [0.1, 0.15) is 16.7 Å². The van der Waals surface area contributed by atoms with E-state index in [1.807, 2.05) is 0 Å². The van der Waals surface area contributed by atoms with Crippen LogP contribution in [0.25, 0.3) is 0 Å². The number of benzene rings is 8. The third-order valence-corrected chi connectivity index (χ3v) is 16.7. The van der Waals surface area contributed by atoms with Crippen molar-refractivity contribution >= 4 is 86.0 Å². The predicted octanol–water partition coefficient (Wildman–Crippen LogP) is 8.07. The lowest BCUT2D eigenvalue weighted by Crippen LogP contribution is -2.78. The van der Waals surface area contributed by atoms with Crippen molar-refractivity contribution in [2.45, 2.75) is 20.8 Å². The summed E-state index contributed by atoms with van der Waals surface area (Å²) in [5, 5.41) is 5.62. The lowest BCUT2D eigenvalue weighted by molar-refractivity contribution is 1.26. The summed E-state index contributed by atoms with van der Waals surface area (Å²) in [6.45, 7) is 6.91. The molecule has 262 valence electrons. The smallest absolute Gasteiger partial charge is 0.247 e. The summed E-state index contributed by atoms with van der Waals surface area (Å²) in [7, 11) is -2.90. The van der Waals surface area contributed by atoms with E-state index in [4.69, 9.17) is 0 Å². The molecule has 0 saturated carbocycles. The van der Waals surface area contributed by atoms with Gasteiger partial charge in [0.2, 0.25) is 6.71 Å². The van der Waals surface area contributed by atoms with Crippen molar-refractivity contribution in [1.29, 1.82) is 0 Å². The molecule has 0 bridgehead atoms. The van der Waals surface area contributed by atoms with Crippen LogP contribution in [-0.2, 0) is 0 Å². The topological polar surface area (TPSA) is 6.48 Å². The Labute approximate surface area is 326 Å². The fourth-order valence-electron chi connectivity index (χ4n) is 9.85. The van der Waals surface area contributed by atoms with Crippen LogP contribution >= 0.6 is 0 Å². The Balaban J connectivity index is 1.35. The number of anilines is 6. The third kappa shape index (κ3) is 5.09. The molecule has 2 aliphatic rings. The Morgan fingerprint density at radius 1 is 0.436 bits per heavy atom. The molecular weight excluding hydrogens is 679 g/mol. The summed E-state index contributed by atoms with van der Waals surface area (Å²) in [5.41, 5.74) is 15.3. The van der Waals surface area contributed by atoms with Crippen LogP contribution in [0.15, 0.2) is 194 Å². The van der Waals surface area contributed by atoms with Gasteiger partial charge in [-0.15, -0.1) is 0 Å². The van der Waals surface area contributed by atoms with E-state index in [9.17, 15) is 0 Å². The van der Waals surface area contributed by atoms with Gasteiger partial charge in [0.25, 0.3) is 0 Å². The molecule has 0 N–H and O–H groups in total. The van der Waals surface area contributed by atoms with Crippen LogP contribution in [-0.4, -0.2) is 14.8 Å². The molecule has 8 aromatic rings. The van der Waals surface area contributed by atoms with Gasteiger partial charge in [0.05, 0.1) is 0 Å². The number of rotatable bonds is 6. The molecule has 0 amide bonds. The minimum Gasteiger partial charge on any atom is -0.312 e. The van der Waals surface area contributed by atoms with Crippen LogP contribution in [0.5, 0.6) is 0 Å². The van der Waals surface area contributed by atoms with Gasteiger partial charge >= 0.3 is 0 Å². The molecular formula is C51H41BN2Si. The Bertz CT molecular complexity index is 2590. The van der Waals surface area contributed by atoms with Crippen LogP contribution in [0.2, 0.25) is 0 Å². The molecule has 0 radical (unpaired) electrons. The fraction of sp³-hybridized carbons (Fsp3) is 0.0588. The summed E-state index contributed by atoms with van der Waals surface area (Å²) in [4.78, 5) is 5.02. The molecule has 0 unspecified atom stereocenters. The second-order valence-corrected chi connectivity index (χ2v) is 18.8. The van der Waals surface area contributed by atoms with E-state index in [1.54, 1.807) is 0 Å². The van der Waals surface area contributed by atoms with Gasteiger partial charge in [0.1, 0.15) is 0 Å². The predicted molar refractivity (Wildman–Crippen MR) is 238 cm³/mol. The van der Waals surface area contributed by atoms with Crippen LogP contribution < -0.4 is 46.9 Å². The highest BCUT2D eigenvalue weighted by Crippen LogP contribution is 2.43. The Kier molecular flexibility index (Phi) is 7.97. The SMILES string of the molecule is Cc1cc(C)c(B2c3ccccc3N3c4cc(N(c5ccccc5)c5ccccc5)ccc4[Si](c4ccccc4)(c4ccccc4)c4cccc2c43)c(C)c1. The van der Waals surface area contributed by atoms with Crippen molar-refractivity contribution in [3.8, 4) is 0 Å². The molecule has 0 fully saturated rings. The number of hydrogen-bond acceptors (Lipinski definition) is 2. The number of nitrogens with zero attached hydrogens (tertiary/aromatic N) is 2. The van der Waals surface area contributed by atoms with Crippen LogP contribution in [0.4, 0.5) is 34.1 Å². The first-order valence-electron chi connectivity index (χ1n) is 19.3. The largest absolute Gasteiger partial charge is 0.312 e. The molecule has 2 nitrogen and oxygen atoms in total. The average molecular weight is 721 g/mol. The highest BCUT2D eigenvalue weighted by molar-refractivity contribution is 7.22. The van der Waals surface area contributed by atoms with Crippen molar-refractivity contribution in [3.05, 3.63) is 211 Å². The molecule has 10 rings (SSSR count). The maximum atomic E-state index is 2.62.